The van der Waals surface area contributed by atoms with Gasteiger partial charge in [-0.3, -0.25) is 14.4 Å². The monoisotopic (exact) mass is 1060 g/mol. The van der Waals surface area contributed by atoms with Crippen LogP contribution in [0.5, 0.6) is 0 Å². The Morgan fingerprint density at radius 3 is 0.816 bits per heavy atom. The van der Waals surface area contributed by atoms with Crippen LogP contribution in [-0.4, -0.2) is 37.2 Å². The number of carbonyl (C=O) groups is 3. The zero-order valence-corrected chi connectivity index (χ0v) is 50.8. The van der Waals surface area contributed by atoms with Crippen molar-refractivity contribution in [2.24, 2.45) is 0 Å². The van der Waals surface area contributed by atoms with Crippen LogP contribution < -0.4 is 0 Å². The topological polar surface area (TPSA) is 78.9 Å². The zero-order chi connectivity index (χ0) is 55.0. The molecule has 0 saturated carbocycles. The number of hydrogen-bond donors (Lipinski definition) is 0. The molecule has 0 aliphatic rings. The molecule has 0 rings (SSSR count). The Hall–Kier alpha value is -2.89. The van der Waals surface area contributed by atoms with Crippen LogP contribution in [-0.2, 0) is 28.6 Å². The highest BCUT2D eigenvalue weighted by Gasteiger charge is 2.19. The minimum Gasteiger partial charge on any atom is -0.462 e. The summed E-state index contributed by atoms with van der Waals surface area (Å²) in [5.41, 5.74) is 0. The number of unbranched alkanes of at least 4 members (excludes halogenated alkanes) is 40. The molecule has 0 saturated heterocycles. The predicted molar refractivity (Wildman–Crippen MR) is 330 cm³/mol. The van der Waals surface area contributed by atoms with Crippen molar-refractivity contribution in [2.45, 2.75) is 354 Å². The molecule has 0 heterocycles. The highest BCUT2D eigenvalue weighted by atomic mass is 16.6. The van der Waals surface area contributed by atoms with E-state index in [9.17, 15) is 14.4 Å². The lowest BCUT2D eigenvalue weighted by Crippen LogP contribution is -2.30. The van der Waals surface area contributed by atoms with Crippen molar-refractivity contribution in [1.29, 1.82) is 0 Å². The van der Waals surface area contributed by atoms with E-state index in [0.717, 1.165) is 89.9 Å². The zero-order valence-electron chi connectivity index (χ0n) is 50.8. The third-order valence-electron chi connectivity index (χ3n) is 14.8. The molecule has 0 spiro atoms. The molecular weight excluding hydrogens is 937 g/mol. The fourth-order valence-corrected chi connectivity index (χ4v) is 9.79. The van der Waals surface area contributed by atoms with Crippen LogP contribution in [0.3, 0.4) is 0 Å². The number of rotatable bonds is 61. The molecule has 0 fully saturated rings. The first-order valence-corrected chi connectivity index (χ1v) is 33.3. The van der Waals surface area contributed by atoms with Crippen LogP contribution in [0.1, 0.15) is 348 Å². The SMILES string of the molecule is CC/C=C\C/C=C\C/C=C\C/C=C\CCCCCCCCCCC(=O)OCC(COC(=O)CCCCCCCCC/C=C\CCCCCCCC)OC(=O)CCCCCCCCCCCCCCCCCCCCCC. The molecule has 1 atom stereocenters. The molecule has 6 heteroatoms. The van der Waals surface area contributed by atoms with Crippen molar-refractivity contribution in [3.05, 3.63) is 60.8 Å². The standard InChI is InChI=1S/C70H126O6/c1-4-7-10-13-16-19-22-25-28-31-33-35-37-39-42-45-48-51-54-57-60-63-69(72)75-66-67(65-74-68(71)62-59-56-53-50-47-44-41-38-30-27-24-21-18-15-12-9-6-3)76-70(73)64-61-58-55-52-49-46-43-40-36-34-32-29-26-23-20-17-14-11-8-5-2/h7,10,16,19,25,27-28,30,33,35,67H,4-6,8-9,11-15,17-18,20-24,26,29,31-32,34,36-66H2,1-3H3/b10-7-,19-16-,28-25-,30-27-,35-33-. The summed E-state index contributed by atoms with van der Waals surface area (Å²) < 4.78 is 17.0. The van der Waals surface area contributed by atoms with Crippen LogP contribution in [0.2, 0.25) is 0 Å². The average molecular weight is 1060 g/mol. The van der Waals surface area contributed by atoms with Gasteiger partial charge in [0, 0.05) is 19.3 Å². The summed E-state index contributed by atoms with van der Waals surface area (Å²) in [5.74, 6) is -0.865. The van der Waals surface area contributed by atoms with E-state index in [0.29, 0.717) is 19.3 Å². The van der Waals surface area contributed by atoms with Crippen LogP contribution >= 0.6 is 0 Å². The highest BCUT2D eigenvalue weighted by Crippen LogP contribution is 2.17. The van der Waals surface area contributed by atoms with E-state index >= 15 is 0 Å². The van der Waals surface area contributed by atoms with Crippen molar-refractivity contribution >= 4 is 17.9 Å². The molecule has 0 aromatic heterocycles. The van der Waals surface area contributed by atoms with E-state index in [2.05, 4.69) is 81.5 Å². The molecule has 442 valence electrons. The summed E-state index contributed by atoms with van der Waals surface area (Å²) in [4.78, 5) is 38.4. The number of allylic oxidation sites excluding steroid dienone is 10. The molecule has 0 aliphatic carbocycles. The largest absolute Gasteiger partial charge is 0.462 e. The molecule has 0 aliphatic heterocycles. The second-order valence-corrected chi connectivity index (χ2v) is 22.4. The van der Waals surface area contributed by atoms with Gasteiger partial charge in [0.05, 0.1) is 0 Å². The summed E-state index contributed by atoms with van der Waals surface area (Å²) in [6.45, 7) is 6.57. The summed E-state index contributed by atoms with van der Waals surface area (Å²) >= 11 is 0. The normalized spacial score (nSPS) is 12.4. The molecule has 0 aromatic rings. The van der Waals surface area contributed by atoms with E-state index < -0.39 is 6.10 Å². The number of hydrogen-bond acceptors (Lipinski definition) is 6. The molecule has 0 radical (unpaired) electrons. The Kier molecular flexibility index (Phi) is 62.2. The maximum atomic E-state index is 12.9. The van der Waals surface area contributed by atoms with Crippen molar-refractivity contribution < 1.29 is 28.6 Å². The summed E-state index contributed by atoms with van der Waals surface area (Å²) in [5, 5.41) is 0. The van der Waals surface area contributed by atoms with Gasteiger partial charge < -0.3 is 14.2 Å². The highest BCUT2D eigenvalue weighted by molar-refractivity contribution is 5.71. The molecule has 1 unspecified atom stereocenters. The van der Waals surface area contributed by atoms with E-state index in [1.807, 2.05) is 0 Å². The van der Waals surface area contributed by atoms with Gasteiger partial charge in [0.15, 0.2) is 6.10 Å². The lowest BCUT2D eigenvalue weighted by molar-refractivity contribution is -0.167. The first kappa shape index (κ1) is 73.1. The third kappa shape index (κ3) is 62.0. The van der Waals surface area contributed by atoms with Crippen molar-refractivity contribution in [3.8, 4) is 0 Å². The molecular formula is C70H126O6. The van der Waals surface area contributed by atoms with Gasteiger partial charge in [-0.25, -0.2) is 0 Å². The first-order valence-electron chi connectivity index (χ1n) is 33.3. The van der Waals surface area contributed by atoms with Gasteiger partial charge in [0.1, 0.15) is 13.2 Å². The van der Waals surface area contributed by atoms with E-state index in [-0.39, 0.29) is 31.1 Å². The van der Waals surface area contributed by atoms with Gasteiger partial charge in [0.25, 0.3) is 0 Å². The molecule has 0 N–H and O–H groups in total. The molecule has 0 bridgehead atoms. The number of ether oxygens (including phenoxy) is 3. The smallest absolute Gasteiger partial charge is 0.306 e. The van der Waals surface area contributed by atoms with Gasteiger partial charge in [-0.1, -0.05) is 306 Å². The average Bonchev–Trinajstić information content (AvgIpc) is 3.42. The summed E-state index contributed by atoms with van der Waals surface area (Å²) in [7, 11) is 0. The van der Waals surface area contributed by atoms with Crippen LogP contribution in [0.15, 0.2) is 60.8 Å². The molecule has 0 amide bonds. The first-order chi connectivity index (χ1) is 37.5. The Bertz CT molecular complexity index is 1360. The van der Waals surface area contributed by atoms with Gasteiger partial charge in [-0.05, 0) is 83.5 Å². The number of carbonyl (C=O) groups excluding carboxylic acids is 3. The van der Waals surface area contributed by atoms with Crippen molar-refractivity contribution in [2.75, 3.05) is 13.2 Å². The van der Waals surface area contributed by atoms with Crippen LogP contribution in [0.4, 0.5) is 0 Å². The van der Waals surface area contributed by atoms with Crippen molar-refractivity contribution in [3.63, 3.8) is 0 Å². The van der Waals surface area contributed by atoms with E-state index in [1.165, 1.54) is 218 Å². The Labute approximate surface area is 472 Å². The maximum absolute atomic E-state index is 12.9. The predicted octanol–water partition coefficient (Wildman–Crippen LogP) is 22.7. The molecule has 6 nitrogen and oxygen atoms in total. The second kappa shape index (κ2) is 64.6. The Morgan fingerprint density at radius 2 is 0.513 bits per heavy atom. The van der Waals surface area contributed by atoms with Gasteiger partial charge in [-0.2, -0.15) is 0 Å². The fourth-order valence-electron chi connectivity index (χ4n) is 9.79. The van der Waals surface area contributed by atoms with Crippen LogP contribution in [0, 0.1) is 0 Å². The third-order valence-corrected chi connectivity index (χ3v) is 14.8. The summed E-state index contributed by atoms with van der Waals surface area (Å²) in [6.07, 6.45) is 82.3. The minimum absolute atomic E-state index is 0.0754. The van der Waals surface area contributed by atoms with Gasteiger partial charge >= 0.3 is 17.9 Å². The lowest BCUT2D eigenvalue weighted by atomic mass is 10.0. The Morgan fingerprint density at radius 1 is 0.276 bits per heavy atom. The summed E-state index contributed by atoms with van der Waals surface area (Å²) in [6, 6.07) is 0. The van der Waals surface area contributed by atoms with E-state index in [1.54, 1.807) is 0 Å². The lowest BCUT2D eigenvalue weighted by Gasteiger charge is -2.18. The quantitative estimate of drug-likeness (QED) is 0.0261. The van der Waals surface area contributed by atoms with Crippen LogP contribution in [0.25, 0.3) is 0 Å². The fraction of sp³-hybridized carbons (Fsp3) is 0.814. The maximum Gasteiger partial charge on any atom is 0.306 e. The van der Waals surface area contributed by atoms with Gasteiger partial charge in [0.2, 0.25) is 0 Å². The van der Waals surface area contributed by atoms with Crippen molar-refractivity contribution in [1.82, 2.24) is 0 Å². The molecule has 76 heavy (non-hydrogen) atoms. The molecule has 0 aromatic carbocycles. The number of esters is 3. The minimum atomic E-state index is -0.779. The van der Waals surface area contributed by atoms with Gasteiger partial charge in [-0.15, -0.1) is 0 Å². The Balaban J connectivity index is 4.35. The van der Waals surface area contributed by atoms with E-state index in [4.69, 9.17) is 14.2 Å². The second-order valence-electron chi connectivity index (χ2n) is 22.4.